The van der Waals surface area contributed by atoms with Crippen molar-refractivity contribution >= 4 is 28.9 Å². The Balaban J connectivity index is 2.44. The van der Waals surface area contributed by atoms with Gasteiger partial charge in [-0.2, -0.15) is 0 Å². The molecule has 0 fully saturated rings. The topological polar surface area (TPSA) is 70.6 Å². The lowest BCUT2D eigenvalue weighted by atomic mass is 10.1. The Kier molecular flexibility index (Phi) is 6.18. The summed E-state index contributed by atoms with van der Waals surface area (Å²) in [6, 6.07) is 3.16. The molecule has 2 aromatic carbocycles. The Morgan fingerprint density at radius 3 is 2.52 bits per heavy atom. The van der Waals surface area contributed by atoms with E-state index in [1.54, 1.807) is 0 Å². The Morgan fingerprint density at radius 1 is 1.16 bits per heavy atom. The number of carbonyl (C=O) groups is 1. The van der Waals surface area contributed by atoms with Crippen molar-refractivity contribution in [2.75, 3.05) is 18.5 Å². The number of hydrogen-bond acceptors (Lipinski definition) is 4. The lowest BCUT2D eigenvalue weighted by molar-refractivity contribution is 0.0168. The molecule has 134 valence electrons. The molecule has 0 saturated heterocycles. The van der Waals surface area contributed by atoms with Gasteiger partial charge in [-0.3, -0.25) is 9.63 Å². The predicted octanol–water partition coefficient (Wildman–Crippen LogP) is 3.29. The highest BCUT2D eigenvalue weighted by Crippen LogP contribution is 2.32. The number of carbonyl (C=O) groups excluding carboxylic acids is 1. The van der Waals surface area contributed by atoms with Crippen LogP contribution in [0.5, 0.6) is 0 Å². The number of halogens is 5. The van der Waals surface area contributed by atoms with Crippen molar-refractivity contribution in [3.8, 4) is 0 Å². The lowest BCUT2D eigenvalue weighted by Gasteiger charge is -2.15. The SMILES string of the molecule is O=C(NOCCO)c1cc(Cl)c(F)c(F)c1Nc1ccc(F)cc1F. The van der Waals surface area contributed by atoms with Crippen LogP contribution in [0.3, 0.4) is 0 Å². The van der Waals surface area contributed by atoms with E-state index in [9.17, 15) is 22.4 Å². The van der Waals surface area contributed by atoms with Gasteiger partial charge in [0.25, 0.3) is 5.91 Å². The Labute approximate surface area is 144 Å². The van der Waals surface area contributed by atoms with Gasteiger partial charge in [0.2, 0.25) is 0 Å². The van der Waals surface area contributed by atoms with E-state index in [4.69, 9.17) is 16.7 Å². The first-order valence-electron chi connectivity index (χ1n) is 6.77. The van der Waals surface area contributed by atoms with Crippen molar-refractivity contribution in [3.05, 3.63) is 58.1 Å². The molecule has 0 spiro atoms. The number of rotatable bonds is 6. The first-order valence-corrected chi connectivity index (χ1v) is 7.15. The molecule has 5 nitrogen and oxygen atoms in total. The van der Waals surface area contributed by atoms with Crippen molar-refractivity contribution in [1.82, 2.24) is 5.48 Å². The third-order valence-corrected chi connectivity index (χ3v) is 3.23. The van der Waals surface area contributed by atoms with Crippen LogP contribution in [0.1, 0.15) is 10.4 Å². The zero-order valence-corrected chi connectivity index (χ0v) is 13.1. The zero-order chi connectivity index (χ0) is 18.6. The van der Waals surface area contributed by atoms with E-state index in [0.717, 1.165) is 18.2 Å². The van der Waals surface area contributed by atoms with E-state index >= 15 is 0 Å². The summed E-state index contributed by atoms with van der Waals surface area (Å²) in [5.74, 6) is -5.99. The van der Waals surface area contributed by atoms with Gasteiger partial charge in [-0.25, -0.2) is 23.0 Å². The number of hydrogen-bond donors (Lipinski definition) is 3. The fourth-order valence-electron chi connectivity index (χ4n) is 1.84. The summed E-state index contributed by atoms with van der Waals surface area (Å²) >= 11 is 5.52. The molecular formula is C15H11ClF4N2O3. The molecule has 0 aliphatic carbocycles. The number of benzene rings is 2. The number of aliphatic hydroxyl groups excluding tert-OH is 1. The van der Waals surface area contributed by atoms with Gasteiger partial charge in [0.1, 0.15) is 11.6 Å². The van der Waals surface area contributed by atoms with Crippen LogP contribution >= 0.6 is 11.6 Å². The van der Waals surface area contributed by atoms with Crippen LogP contribution < -0.4 is 10.8 Å². The van der Waals surface area contributed by atoms with Crippen molar-refractivity contribution in [2.45, 2.75) is 0 Å². The van der Waals surface area contributed by atoms with E-state index in [0.29, 0.717) is 6.07 Å². The molecular weight excluding hydrogens is 368 g/mol. The maximum atomic E-state index is 14.2. The second-order valence-electron chi connectivity index (χ2n) is 4.66. The minimum atomic E-state index is -1.54. The number of amides is 1. The van der Waals surface area contributed by atoms with Gasteiger partial charge < -0.3 is 10.4 Å². The highest BCUT2D eigenvalue weighted by molar-refractivity contribution is 6.31. The summed E-state index contributed by atoms with van der Waals surface area (Å²) in [7, 11) is 0. The average molecular weight is 379 g/mol. The first-order chi connectivity index (χ1) is 11.8. The van der Waals surface area contributed by atoms with Crippen molar-refractivity contribution in [3.63, 3.8) is 0 Å². The molecule has 0 atom stereocenters. The lowest BCUT2D eigenvalue weighted by Crippen LogP contribution is -2.26. The molecule has 0 radical (unpaired) electrons. The van der Waals surface area contributed by atoms with Gasteiger partial charge in [-0.05, 0) is 18.2 Å². The summed E-state index contributed by atoms with van der Waals surface area (Å²) in [4.78, 5) is 16.6. The molecule has 2 aromatic rings. The predicted molar refractivity (Wildman–Crippen MR) is 81.5 cm³/mol. The van der Waals surface area contributed by atoms with E-state index in [1.807, 2.05) is 5.48 Å². The molecule has 0 saturated carbocycles. The summed E-state index contributed by atoms with van der Waals surface area (Å²) < 4.78 is 54.6. The van der Waals surface area contributed by atoms with Gasteiger partial charge in [0, 0.05) is 6.07 Å². The Morgan fingerprint density at radius 2 is 1.88 bits per heavy atom. The van der Waals surface area contributed by atoms with Crippen LogP contribution in [0.25, 0.3) is 0 Å². The number of anilines is 2. The molecule has 25 heavy (non-hydrogen) atoms. The summed E-state index contributed by atoms with van der Waals surface area (Å²) in [6.07, 6.45) is 0. The van der Waals surface area contributed by atoms with E-state index < -0.39 is 57.7 Å². The zero-order valence-electron chi connectivity index (χ0n) is 12.4. The Hall–Kier alpha value is -2.36. The van der Waals surface area contributed by atoms with Crippen molar-refractivity contribution < 1.29 is 32.3 Å². The monoisotopic (exact) mass is 378 g/mol. The second-order valence-corrected chi connectivity index (χ2v) is 5.07. The number of nitrogens with one attached hydrogen (secondary N) is 2. The van der Waals surface area contributed by atoms with Crippen LogP contribution in [-0.2, 0) is 4.84 Å². The van der Waals surface area contributed by atoms with Gasteiger partial charge >= 0.3 is 0 Å². The first kappa shape index (κ1) is 19.0. The largest absolute Gasteiger partial charge is 0.394 e. The van der Waals surface area contributed by atoms with Gasteiger partial charge in [-0.15, -0.1) is 0 Å². The maximum absolute atomic E-state index is 14.2. The minimum Gasteiger partial charge on any atom is -0.394 e. The number of hydroxylamine groups is 1. The maximum Gasteiger partial charge on any atom is 0.277 e. The van der Waals surface area contributed by atoms with E-state index in [-0.39, 0.29) is 6.61 Å². The molecule has 1 amide bonds. The standard InChI is InChI=1S/C15H11ClF4N2O3/c16-9-6-8(15(24)22-25-4-3-23)14(13(20)12(9)19)21-11-2-1-7(17)5-10(11)18/h1-2,5-6,21,23H,3-4H2,(H,22,24). The van der Waals surface area contributed by atoms with Gasteiger partial charge in [-0.1, -0.05) is 11.6 Å². The van der Waals surface area contributed by atoms with Crippen LogP contribution in [0.2, 0.25) is 5.02 Å². The molecule has 10 heteroatoms. The van der Waals surface area contributed by atoms with Crippen molar-refractivity contribution in [2.24, 2.45) is 0 Å². The molecule has 0 heterocycles. The Bertz CT molecular complexity index is 805. The fourth-order valence-corrected chi connectivity index (χ4v) is 2.03. The van der Waals surface area contributed by atoms with Crippen LogP contribution in [0.15, 0.2) is 24.3 Å². The molecule has 3 N–H and O–H groups in total. The van der Waals surface area contributed by atoms with E-state index in [1.165, 1.54) is 0 Å². The summed E-state index contributed by atoms with van der Waals surface area (Å²) in [5, 5.41) is 10.1. The molecule has 0 bridgehead atoms. The third-order valence-electron chi connectivity index (χ3n) is 2.96. The molecule has 0 aliphatic rings. The highest BCUT2D eigenvalue weighted by Gasteiger charge is 2.23. The highest BCUT2D eigenvalue weighted by atomic mass is 35.5. The smallest absolute Gasteiger partial charge is 0.277 e. The van der Waals surface area contributed by atoms with E-state index in [2.05, 4.69) is 10.2 Å². The molecule has 0 aliphatic heterocycles. The fraction of sp³-hybridized carbons (Fsp3) is 0.133. The summed E-state index contributed by atoms with van der Waals surface area (Å²) in [5.41, 5.74) is 0.268. The van der Waals surface area contributed by atoms with Crippen LogP contribution in [0.4, 0.5) is 28.9 Å². The third kappa shape index (κ3) is 4.38. The van der Waals surface area contributed by atoms with Crippen LogP contribution in [0, 0.1) is 23.3 Å². The van der Waals surface area contributed by atoms with Crippen molar-refractivity contribution in [1.29, 1.82) is 0 Å². The molecule has 0 unspecified atom stereocenters. The molecule has 2 rings (SSSR count). The van der Waals surface area contributed by atoms with Gasteiger partial charge in [0.15, 0.2) is 11.6 Å². The normalized spacial score (nSPS) is 10.6. The minimum absolute atomic E-state index is 0.251. The number of aliphatic hydroxyl groups is 1. The van der Waals surface area contributed by atoms with Gasteiger partial charge in [0.05, 0.1) is 35.2 Å². The quantitative estimate of drug-likeness (QED) is 0.312. The average Bonchev–Trinajstić information content (AvgIpc) is 2.57. The molecule has 0 aromatic heterocycles. The van der Waals surface area contributed by atoms with Crippen LogP contribution in [-0.4, -0.2) is 24.2 Å². The summed E-state index contributed by atoms with van der Waals surface area (Å²) in [6.45, 7) is -0.650. The second kappa shape index (κ2) is 8.15.